The molecule has 4 rings (SSSR count). The number of halogens is 1. The van der Waals surface area contributed by atoms with E-state index in [-0.39, 0.29) is 35.2 Å². The molecule has 10 heteroatoms. The molecule has 0 spiro atoms. The maximum Gasteiger partial charge on any atom is 0.276 e. The van der Waals surface area contributed by atoms with Gasteiger partial charge in [-0.15, -0.1) is 5.10 Å². The molecule has 2 aromatic heterocycles. The lowest BCUT2D eigenvalue weighted by Crippen LogP contribution is -2.52. The van der Waals surface area contributed by atoms with Gasteiger partial charge < -0.3 is 19.4 Å². The summed E-state index contributed by atoms with van der Waals surface area (Å²) in [7, 11) is 1.66. The van der Waals surface area contributed by atoms with Crippen LogP contribution in [0.5, 0.6) is 0 Å². The van der Waals surface area contributed by atoms with Crippen molar-refractivity contribution in [2.45, 2.75) is 51.5 Å². The van der Waals surface area contributed by atoms with Gasteiger partial charge in [-0.2, -0.15) is 0 Å². The minimum atomic E-state index is -0.412. The second-order valence-corrected chi connectivity index (χ2v) is 9.70. The molecule has 1 saturated heterocycles. The minimum Gasteiger partial charge on any atom is -0.448 e. The number of methoxy groups -OCH3 is 1. The fourth-order valence-electron chi connectivity index (χ4n) is 4.78. The maximum atomic E-state index is 14.7. The SMILES string of the molecule is COCCCCc1c(C(=O)N(CC(C)C)[C@@H]2CNC[C@H](c3cnco3)C2)nnn1-c1ccccc1F. The van der Waals surface area contributed by atoms with E-state index in [1.54, 1.807) is 31.5 Å². The molecule has 36 heavy (non-hydrogen) atoms. The van der Waals surface area contributed by atoms with E-state index in [0.29, 0.717) is 31.8 Å². The van der Waals surface area contributed by atoms with Crippen LogP contribution in [0.25, 0.3) is 5.69 Å². The fraction of sp³-hybridized carbons (Fsp3) is 0.538. The van der Waals surface area contributed by atoms with E-state index in [0.717, 1.165) is 31.6 Å². The summed E-state index contributed by atoms with van der Waals surface area (Å²) in [6.45, 7) is 6.81. The Morgan fingerprint density at radius 2 is 2.14 bits per heavy atom. The Balaban J connectivity index is 1.65. The number of aromatic nitrogens is 4. The van der Waals surface area contributed by atoms with Crippen molar-refractivity contribution in [1.29, 1.82) is 0 Å². The number of unbranched alkanes of at least 4 members (excludes halogenated alkanes) is 1. The lowest BCUT2D eigenvalue weighted by molar-refractivity contribution is 0.0597. The molecular weight excluding hydrogens is 463 g/mol. The largest absolute Gasteiger partial charge is 0.448 e. The fourth-order valence-corrected chi connectivity index (χ4v) is 4.78. The van der Waals surface area contributed by atoms with Crippen LogP contribution in [0, 0.1) is 11.7 Å². The summed E-state index contributed by atoms with van der Waals surface area (Å²) >= 11 is 0. The van der Waals surface area contributed by atoms with E-state index < -0.39 is 5.82 Å². The van der Waals surface area contributed by atoms with Gasteiger partial charge in [0.05, 0.1) is 11.9 Å². The van der Waals surface area contributed by atoms with Gasteiger partial charge in [-0.1, -0.05) is 31.2 Å². The van der Waals surface area contributed by atoms with Gasteiger partial charge in [0.2, 0.25) is 0 Å². The average molecular weight is 499 g/mol. The van der Waals surface area contributed by atoms with E-state index in [1.165, 1.54) is 17.1 Å². The van der Waals surface area contributed by atoms with E-state index in [2.05, 4.69) is 34.5 Å². The Bertz CT molecular complexity index is 1120. The van der Waals surface area contributed by atoms with Gasteiger partial charge in [-0.05, 0) is 43.7 Å². The number of benzene rings is 1. The first-order valence-electron chi connectivity index (χ1n) is 12.6. The highest BCUT2D eigenvalue weighted by Crippen LogP contribution is 2.28. The molecule has 1 aromatic carbocycles. The van der Waals surface area contributed by atoms with Crippen LogP contribution in [0.1, 0.15) is 61.0 Å². The summed E-state index contributed by atoms with van der Waals surface area (Å²) in [6, 6.07) is 6.36. The molecule has 1 amide bonds. The lowest BCUT2D eigenvalue weighted by Gasteiger charge is -2.38. The minimum absolute atomic E-state index is 0.0521. The molecule has 9 nitrogen and oxygen atoms in total. The molecule has 0 unspecified atom stereocenters. The van der Waals surface area contributed by atoms with Crippen LogP contribution in [0.2, 0.25) is 0 Å². The van der Waals surface area contributed by atoms with Crippen molar-refractivity contribution in [3.8, 4) is 5.69 Å². The van der Waals surface area contributed by atoms with Crippen molar-refractivity contribution in [2.24, 2.45) is 5.92 Å². The molecule has 1 N–H and O–H groups in total. The monoisotopic (exact) mass is 498 g/mol. The van der Waals surface area contributed by atoms with Gasteiger partial charge >= 0.3 is 0 Å². The topological polar surface area (TPSA) is 98.3 Å². The summed E-state index contributed by atoms with van der Waals surface area (Å²) in [6.07, 6.45) is 6.04. The van der Waals surface area contributed by atoms with Gasteiger partial charge in [0.1, 0.15) is 17.3 Å². The number of para-hydroxylation sites is 1. The highest BCUT2D eigenvalue weighted by molar-refractivity contribution is 5.93. The van der Waals surface area contributed by atoms with Crippen molar-refractivity contribution in [3.63, 3.8) is 0 Å². The molecule has 1 fully saturated rings. The number of rotatable bonds is 11. The number of nitrogens with zero attached hydrogens (tertiary/aromatic N) is 5. The Kier molecular flexibility index (Phi) is 8.82. The van der Waals surface area contributed by atoms with Crippen LogP contribution in [-0.2, 0) is 11.2 Å². The molecule has 2 atom stereocenters. The third kappa shape index (κ3) is 5.99. The average Bonchev–Trinajstić information content (AvgIpc) is 3.56. The highest BCUT2D eigenvalue weighted by atomic mass is 19.1. The smallest absolute Gasteiger partial charge is 0.276 e. The quantitative estimate of drug-likeness (QED) is 0.403. The van der Waals surface area contributed by atoms with Crippen molar-refractivity contribution in [2.75, 3.05) is 33.4 Å². The number of carbonyl (C=O) groups is 1. The zero-order valence-electron chi connectivity index (χ0n) is 21.2. The molecule has 1 aliphatic heterocycles. The van der Waals surface area contributed by atoms with E-state index in [1.807, 2.05) is 4.90 Å². The van der Waals surface area contributed by atoms with Crippen molar-refractivity contribution in [1.82, 2.24) is 30.2 Å². The number of hydrogen-bond donors (Lipinski definition) is 1. The number of carbonyl (C=O) groups excluding carboxylic acids is 1. The van der Waals surface area contributed by atoms with Gasteiger partial charge in [0.15, 0.2) is 12.1 Å². The van der Waals surface area contributed by atoms with Crippen LogP contribution in [0.3, 0.4) is 0 Å². The zero-order chi connectivity index (χ0) is 25.5. The first-order valence-corrected chi connectivity index (χ1v) is 12.6. The number of hydrogen-bond acceptors (Lipinski definition) is 7. The number of ether oxygens (including phenoxy) is 1. The van der Waals surface area contributed by atoms with Crippen LogP contribution < -0.4 is 5.32 Å². The van der Waals surface area contributed by atoms with Gasteiger partial charge in [-0.3, -0.25) is 4.79 Å². The van der Waals surface area contributed by atoms with Gasteiger partial charge in [0, 0.05) is 45.3 Å². The summed E-state index contributed by atoms with van der Waals surface area (Å²) in [5.41, 5.74) is 1.18. The Hall–Kier alpha value is -3.11. The second kappa shape index (κ2) is 12.2. The summed E-state index contributed by atoms with van der Waals surface area (Å²) in [4.78, 5) is 20.0. The molecule has 0 aliphatic carbocycles. The highest BCUT2D eigenvalue weighted by Gasteiger charge is 2.35. The molecule has 194 valence electrons. The molecular formula is C26H35FN6O3. The number of oxazole rings is 1. The summed E-state index contributed by atoms with van der Waals surface area (Å²) in [5.74, 6) is 0.596. The third-order valence-corrected chi connectivity index (χ3v) is 6.50. The van der Waals surface area contributed by atoms with E-state index in [4.69, 9.17) is 9.15 Å². The zero-order valence-corrected chi connectivity index (χ0v) is 21.2. The third-order valence-electron chi connectivity index (χ3n) is 6.50. The van der Waals surface area contributed by atoms with Gasteiger partial charge in [-0.25, -0.2) is 14.1 Å². The second-order valence-electron chi connectivity index (χ2n) is 9.70. The normalized spacial score (nSPS) is 18.0. The first kappa shape index (κ1) is 26.0. The molecule has 3 aromatic rings. The van der Waals surface area contributed by atoms with Crippen molar-refractivity contribution >= 4 is 5.91 Å². The van der Waals surface area contributed by atoms with Crippen molar-refractivity contribution < 1.29 is 18.3 Å². The van der Waals surface area contributed by atoms with E-state index in [9.17, 15) is 9.18 Å². The predicted octanol–water partition coefficient (Wildman–Crippen LogP) is 3.61. The lowest BCUT2D eigenvalue weighted by atomic mass is 9.92. The Morgan fingerprint density at radius 3 is 2.86 bits per heavy atom. The standard InChI is InChI=1S/C26H35FN6O3/c1-18(2)16-32(20-12-19(13-28-14-20)24-15-29-17-36-24)26(34)25-23(10-6-7-11-35-3)33(31-30-25)22-9-5-4-8-21(22)27/h4-5,8-9,15,17-20,28H,6-7,10-14,16H2,1-3H3/t19-,20+/m1/s1. The summed E-state index contributed by atoms with van der Waals surface area (Å²) < 4.78 is 26.9. The number of piperidine rings is 1. The number of nitrogens with one attached hydrogen (secondary N) is 1. The molecule has 0 saturated carbocycles. The van der Waals surface area contributed by atoms with E-state index >= 15 is 0 Å². The number of amides is 1. The predicted molar refractivity (Wildman–Crippen MR) is 133 cm³/mol. The Labute approximate surface area is 211 Å². The molecule has 0 radical (unpaired) electrons. The maximum absolute atomic E-state index is 14.7. The molecule has 1 aliphatic rings. The molecule has 0 bridgehead atoms. The van der Waals surface area contributed by atoms with Crippen LogP contribution in [0.15, 0.2) is 41.3 Å². The van der Waals surface area contributed by atoms with Crippen LogP contribution in [-0.4, -0.2) is 70.2 Å². The Morgan fingerprint density at radius 1 is 1.31 bits per heavy atom. The van der Waals surface area contributed by atoms with Crippen molar-refractivity contribution in [3.05, 3.63) is 59.8 Å². The van der Waals surface area contributed by atoms with Gasteiger partial charge in [0.25, 0.3) is 5.91 Å². The molecule has 3 heterocycles. The van der Waals surface area contributed by atoms with Crippen LogP contribution in [0.4, 0.5) is 4.39 Å². The summed E-state index contributed by atoms with van der Waals surface area (Å²) in [5, 5.41) is 12.0. The van der Waals surface area contributed by atoms with Crippen LogP contribution >= 0.6 is 0 Å². The first-order chi connectivity index (χ1) is 17.5.